The standard InChI is InChI=1S/C13H17F3N2O2/c1-12(2,3)10(17)11(20)18-8-6-7(13(14,15)16)4-5-9(8)19/h4-6,10,19H,17H2,1-3H3,(H,18,20)/t10-/m1/s1. The zero-order valence-electron chi connectivity index (χ0n) is 11.4. The molecule has 4 N–H and O–H groups in total. The second-order valence-electron chi connectivity index (χ2n) is 5.56. The molecule has 0 unspecified atom stereocenters. The summed E-state index contributed by atoms with van der Waals surface area (Å²) in [5.74, 6) is -1.11. The van der Waals surface area contributed by atoms with E-state index in [2.05, 4.69) is 5.32 Å². The minimum Gasteiger partial charge on any atom is -0.506 e. The predicted molar refractivity (Wildman–Crippen MR) is 69.2 cm³/mol. The maximum Gasteiger partial charge on any atom is 0.416 e. The lowest BCUT2D eigenvalue weighted by Crippen LogP contribution is -2.45. The molecule has 0 aliphatic rings. The molecule has 0 aromatic heterocycles. The third-order valence-electron chi connectivity index (χ3n) is 2.80. The van der Waals surface area contributed by atoms with Gasteiger partial charge in [-0.2, -0.15) is 13.2 Å². The summed E-state index contributed by atoms with van der Waals surface area (Å²) in [5.41, 5.74) is 3.87. The lowest BCUT2D eigenvalue weighted by atomic mass is 9.87. The van der Waals surface area contributed by atoms with Crippen molar-refractivity contribution in [2.75, 3.05) is 5.32 Å². The zero-order valence-corrected chi connectivity index (χ0v) is 11.4. The Morgan fingerprint density at radius 3 is 2.30 bits per heavy atom. The Kier molecular flexibility index (Phi) is 4.33. The van der Waals surface area contributed by atoms with E-state index in [-0.39, 0.29) is 5.69 Å². The van der Waals surface area contributed by atoms with Gasteiger partial charge in [0.25, 0.3) is 0 Å². The van der Waals surface area contributed by atoms with Gasteiger partial charge in [-0.3, -0.25) is 4.79 Å². The van der Waals surface area contributed by atoms with Crippen LogP contribution in [0.5, 0.6) is 5.75 Å². The van der Waals surface area contributed by atoms with Crippen molar-refractivity contribution < 1.29 is 23.1 Å². The molecule has 7 heteroatoms. The molecule has 0 spiro atoms. The van der Waals surface area contributed by atoms with Crippen LogP contribution in [0.15, 0.2) is 18.2 Å². The van der Waals surface area contributed by atoms with E-state index in [0.29, 0.717) is 6.07 Å². The Hall–Kier alpha value is -1.76. The largest absolute Gasteiger partial charge is 0.506 e. The van der Waals surface area contributed by atoms with E-state index in [9.17, 15) is 23.1 Å². The summed E-state index contributed by atoms with van der Waals surface area (Å²) < 4.78 is 37.7. The Balaban J connectivity index is 3.01. The third kappa shape index (κ3) is 3.86. The van der Waals surface area contributed by atoms with Gasteiger partial charge >= 0.3 is 6.18 Å². The van der Waals surface area contributed by atoms with Gasteiger partial charge in [0, 0.05) is 0 Å². The van der Waals surface area contributed by atoms with Crippen molar-refractivity contribution >= 4 is 11.6 Å². The molecule has 1 aromatic rings. The molecule has 4 nitrogen and oxygen atoms in total. The van der Waals surface area contributed by atoms with Gasteiger partial charge in [-0.1, -0.05) is 20.8 Å². The van der Waals surface area contributed by atoms with Crippen LogP contribution in [0.25, 0.3) is 0 Å². The number of benzene rings is 1. The molecule has 0 bridgehead atoms. The van der Waals surface area contributed by atoms with Crippen LogP contribution in [0.1, 0.15) is 26.3 Å². The predicted octanol–water partition coefficient (Wildman–Crippen LogP) is 2.72. The summed E-state index contributed by atoms with van der Waals surface area (Å²) in [6, 6.07) is 1.36. The maximum absolute atomic E-state index is 12.6. The molecule has 1 rings (SSSR count). The number of halogens is 3. The highest BCUT2D eigenvalue weighted by molar-refractivity contribution is 5.96. The number of rotatable bonds is 2. The molecule has 1 aromatic carbocycles. The summed E-state index contributed by atoms with van der Waals surface area (Å²) in [4.78, 5) is 11.8. The Morgan fingerprint density at radius 2 is 1.85 bits per heavy atom. The van der Waals surface area contributed by atoms with E-state index in [1.165, 1.54) is 0 Å². The van der Waals surface area contributed by atoms with Gasteiger partial charge < -0.3 is 16.2 Å². The average Bonchev–Trinajstić information content (AvgIpc) is 2.28. The van der Waals surface area contributed by atoms with Crippen molar-refractivity contribution in [2.45, 2.75) is 33.0 Å². The summed E-state index contributed by atoms with van der Waals surface area (Å²) in [6.45, 7) is 5.18. The smallest absolute Gasteiger partial charge is 0.416 e. The van der Waals surface area contributed by atoms with Crippen LogP contribution in [0.2, 0.25) is 0 Å². The SMILES string of the molecule is CC(C)(C)[C@H](N)C(=O)Nc1cc(C(F)(F)F)ccc1O. The number of nitrogens with two attached hydrogens (primary N) is 1. The first-order valence-electron chi connectivity index (χ1n) is 5.89. The monoisotopic (exact) mass is 290 g/mol. The van der Waals surface area contributed by atoms with E-state index in [0.717, 1.165) is 12.1 Å². The zero-order chi connectivity index (χ0) is 15.7. The number of phenols is 1. The van der Waals surface area contributed by atoms with Crippen molar-refractivity contribution in [1.29, 1.82) is 0 Å². The molecule has 1 amide bonds. The van der Waals surface area contributed by atoms with Crippen LogP contribution in [-0.4, -0.2) is 17.1 Å². The summed E-state index contributed by atoms with van der Waals surface area (Å²) in [6.07, 6.45) is -4.56. The highest BCUT2D eigenvalue weighted by atomic mass is 19.4. The second-order valence-corrected chi connectivity index (χ2v) is 5.56. The molecule has 0 saturated carbocycles. The van der Waals surface area contributed by atoms with Gasteiger partial charge in [-0.05, 0) is 23.6 Å². The van der Waals surface area contributed by atoms with E-state index in [1.807, 2.05) is 0 Å². The minimum absolute atomic E-state index is 0.315. The first-order chi connectivity index (χ1) is 8.93. The fourth-order valence-electron chi connectivity index (χ4n) is 1.42. The van der Waals surface area contributed by atoms with Gasteiger partial charge in [0.2, 0.25) is 5.91 Å². The van der Waals surface area contributed by atoms with Gasteiger partial charge in [-0.25, -0.2) is 0 Å². The molecule has 0 aliphatic heterocycles. The third-order valence-corrected chi connectivity index (χ3v) is 2.80. The van der Waals surface area contributed by atoms with Gasteiger partial charge in [0.1, 0.15) is 5.75 Å². The number of nitrogens with one attached hydrogen (secondary N) is 1. The fourth-order valence-corrected chi connectivity index (χ4v) is 1.42. The van der Waals surface area contributed by atoms with E-state index in [4.69, 9.17) is 5.73 Å². The highest BCUT2D eigenvalue weighted by Gasteiger charge is 2.32. The summed E-state index contributed by atoms with van der Waals surface area (Å²) in [7, 11) is 0. The van der Waals surface area contributed by atoms with Crippen molar-refractivity contribution in [1.82, 2.24) is 0 Å². The number of hydrogen-bond donors (Lipinski definition) is 3. The molecule has 0 heterocycles. The molecule has 0 saturated heterocycles. The van der Waals surface area contributed by atoms with Crippen molar-refractivity contribution in [2.24, 2.45) is 11.1 Å². The molecule has 20 heavy (non-hydrogen) atoms. The number of amides is 1. The highest BCUT2D eigenvalue weighted by Crippen LogP contribution is 2.34. The molecule has 1 atom stereocenters. The number of alkyl halides is 3. The van der Waals surface area contributed by atoms with E-state index < -0.39 is 34.9 Å². The van der Waals surface area contributed by atoms with E-state index >= 15 is 0 Å². The summed E-state index contributed by atoms with van der Waals surface area (Å²) >= 11 is 0. The first-order valence-corrected chi connectivity index (χ1v) is 5.89. The number of anilines is 1. The average molecular weight is 290 g/mol. The number of carbonyl (C=O) groups is 1. The molecule has 112 valence electrons. The van der Waals surface area contributed by atoms with Gasteiger partial charge in [0.05, 0.1) is 17.3 Å². The molecule has 0 radical (unpaired) electrons. The van der Waals surface area contributed by atoms with Gasteiger partial charge in [-0.15, -0.1) is 0 Å². The number of aromatic hydroxyl groups is 1. The molecule has 0 fully saturated rings. The van der Waals surface area contributed by atoms with Crippen LogP contribution in [0.3, 0.4) is 0 Å². The molecular weight excluding hydrogens is 273 g/mol. The van der Waals surface area contributed by atoms with Crippen LogP contribution in [-0.2, 0) is 11.0 Å². The van der Waals surface area contributed by atoms with Crippen LogP contribution < -0.4 is 11.1 Å². The number of phenolic OH excluding ortho intramolecular Hbond substituents is 1. The topological polar surface area (TPSA) is 75.4 Å². The molecular formula is C13H17F3N2O2. The Bertz CT molecular complexity index is 507. The maximum atomic E-state index is 12.6. The first kappa shape index (κ1) is 16.3. The van der Waals surface area contributed by atoms with Crippen LogP contribution in [0.4, 0.5) is 18.9 Å². The van der Waals surface area contributed by atoms with Crippen molar-refractivity contribution in [3.05, 3.63) is 23.8 Å². The quantitative estimate of drug-likeness (QED) is 0.733. The molecule has 0 aliphatic carbocycles. The second kappa shape index (κ2) is 5.32. The lowest BCUT2D eigenvalue weighted by Gasteiger charge is -2.26. The number of carbonyl (C=O) groups excluding carboxylic acids is 1. The van der Waals surface area contributed by atoms with Gasteiger partial charge in [0.15, 0.2) is 0 Å². The van der Waals surface area contributed by atoms with Crippen LogP contribution in [0, 0.1) is 5.41 Å². The minimum atomic E-state index is -4.56. The Labute approximate surface area is 114 Å². The Morgan fingerprint density at radius 1 is 1.30 bits per heavy atom. The lowest BCUT2D eigenvalue weighted by molar-refractivity contribution is -0.137. The number of hydrogen-bond acceptors (Lipinski definition) is 3. The van der Waals surface area contributed by atoms with Crippen molar-refractivity contribution in [3.63, 3.8) is 0 Å². The fraction of sp³-hybridized carbons (Fsp3) is 0.462. The van der Waals surface area contributed by atoms with Crippen molar-refractivity contribution in [3.8, 4) is 5.75 Å². The summed E-state index contributed by atoms with van der Waals surface area (Å²) in [5, 5.41) is 11.7. The van der Waals surface area contributed by atoms with E-state index in [1.54, 1.807) is 20.8 Å². The van der Waals surface area contributed by atoms with Crippen LogP contribution >= 0.6 is 0 Å². The normalized spacial score (nSPS) is 13.9.